The lowest BCUT2D eigenvalue weighted by Gasteiger charge is -2.24. The molecular weight excluding hydrogens is 304 g/mol. The molecule has 0 spiro atoms. The summed E-state index contributed by atoms with van der Waals surface area (Å²) in [7, 11) is 1.53. The number of anilines is 2. The Labute approximate surface area is 133 Å². The van der Waals surface area contributed by atoms with Crippen molar-refractivity contribution in [3.05, 3.63) is 54.1 Å². The van der Waals surface area contributed by atoms with Gasteiger partial charge >= 0.3 is 0 Å². The number of hydrogen-bond donors (Lipinski definition) is 1. The van der Waals surface area contributed by atoms with Gasteiger partial charge in [0.25, 0.3) is 5.91 Å². The number of hydrogen-bond acceptors (Lipinski definition) is 3. The first kappa shape index (κ1) is 15.9. The van der Waals surface area contributed by atoms with Gasteiger partial charge in [-0.2, -0.15) is 0 Å². The molecule has 0 aliphatic heterocycles. The lowest BCUT2D eigenvalue weighted by Crippen LogP contribution is -2.29. The SMILES string of the molecule is COc1cccc(N(C(=O)CCl)c2ccccc2C(N)=O)c1. The van der Waals surface area contributed by atoms with Crippen molar-refractivity contribution in [3.63, 3.8) is 0 Å². The van der Waals surface area contributed by atoms with E-state index in [0.717, 1.165) is 0 Å². The predicted octanol–water partition coefficient (Wildman–Crippen LogP) is 2.70. The van der Waals surface area contributed by atoms with Crippen molar-refractivity contribution in [2.45, 2.75) is 0 Å². The summed E-state index contributed by atoms with van der Waals surface area (Å²) in [5.74, 6) is -0.638. The van der Waals surface area contributed by atoms with Crippen LogP contribution in [0, 0.1) is 0 Å². The van der Waals surface area contributed by atoms with Crippen molar-refractivity contribution in [2.75, 3.05) is 17.9 Å². The standard InChI is InChI=1S/C16H15ClN2O3/c1-22-12-6-4-5-11(9-12)19(15(20)10-17)14-8-3-2-7-13(14)16(18)21/h2-9H,10H2,1H3,(H2,18,21). The van der Waals surface area contributed by atoms with Crippen LogP contribution in [0.1, 0.15) is 10.4 Å². The number of primary amides is 1. The maximum absolute atomic E-state index is 12.3. The Bertz CT molecular complexity index is 703. The van der Waals surface area contributed by atoms with Crippen LogP contribution in [0.2, 0.25) is 0 Å². The van der Waals surface area contributed by atoms with Crippen LogP contribution < -0.4 is 15.4 Å². The highest BCUT2D eigenvalue weighted by Gasteiger charge is 2.22. The summed E-state index contributed by atoms with van der Waals surface area (Å²) in [6.07, 6.45) is 0. The molecule has 0 saturated carbocycles. The molecule has 2 N–H and O–H groups in total. The van der Waals surface area contributed by atoms with Gasteiger partial charge in [0.15, 0.2) is 0 Å². The molecule has 0 saturated heterocycles. The summed E-state index contributed by atoms with van der Waals surface area (Å²) in [4.78, 5) is 25.3. The number of nitrogens with zero attached hydrogens (tertiary/aromatic N) is 1. The first-order valence-electron chi connectivity index (χ1n) is 6.50. The number of para-hydroxylation sites is 1. The van der Waals surface area contributed by atoms with Gasteiger partial charge in [0.2, 0.25) is 5.91 Å². The van der Waals surface area contributed by atoms with Crippen LogP contribution >= 0.6 is 11.6 Å². The highest BCUT2D eigenvalue weighted by molar-refractivity contribution is 6.30. The van der Waals surface area contributed by atoms with E-state index in [1.807, 2.05) is 0 Å². The Balaban J connectivity index is 2.61. The van der Waals surface area contributed by atoms with Gasteiger partial charge in [-0.3, -0.25) is 14.5 Å². The number of carbonyl (C=O) groups excluding carboxylic acids is 2. The smallest absolute Gasteiger partial charge is 0.250 e. The van der Waals surface area contributed by atoms with Crippen LogP contribution in [-0.2, 0) is 4.79 Å². The van der Waals surface area contributed by atoms with Gasteiger partial charge in [-0.05, 0) is 24.3 Å². The van der Waals surface area contributed by atoms with E-state index in [-0.39, 0.29) is 17.4 Å². The average molecular weight is 319 g/mol. The molecule has 2 rings (SSSR count). The summed E-state index contributed by atoms with van der Waals surface area (Å²) in [6.45, 7) is 0. The number of amides is 2. The molecule has 0 unspecified atom stereocenters. The molecule has 6 heteroatoms. The zero-order valence-electron chi connectivity index (χ0n) is 12.0. The zero-order valence-corrected chi connectivity index (χ0v) is 12.7. The number of nitrogens with two attached hydrogens (primary N) is 1. The minimum atomic E-state index is -0.620. The van der Waals surface area contributed by atoms with Crippen molar-refractivity contribution < 1.29 is 14.3 Å². The Morgan fingerprint density at radius 2 is 1.91 bits per heavy atom. The molecule has 0 radical (unpaired) electrons. The first-order chi connectivity index (χ1) is 10.6. The summed E-state index contributed by atoms with van der Waals surface area (Å²) in [5.41, 5.74) is 6.56. The molecule has 0 aliphatic carbocycles. The topological polar surface area (TPSA) is 72.6 Å². The van der Waals surface area contributed by atoms with E-state index in [4.69, 9.17) is 22.1 Å². The van der Waals surface area contributed by atoms with E-state index < -0.39 is 5.91 Å². The van der Waals surface area contributed by atoms with Crippen LogP contribution in [0.3, 0.4) is 0 Å². The largest absolute Gasteiger partial charge is 0.497 e. The van der Waals surface area contributed by atoms with E-state index >= 15 is 0 Å². The third kappa shape index (κ3) is 3.20. The number of rotatable bonds is 5. The molecule has 2 aromatic carbocycles. The van der Waals surface area contributed by atoms with Crippen molar-refractivity contribution in [2.24, 2.45) is 5.73 Å². The molecule has 0 atom stereocenters. The predicted molar refractivity (Wildman–Crippen MR) is 85.8 cm³/mol. The normalized spacial score (nSPS) is 10.1. The summed E-state index contributed by atoms with van der Waals surface area (Å²) in [5, 5.41) is 0. The van der Waals surface area contributed by atoms with Gasteiger partial charge in [0, 0.05) is 6.07 Å². The third-order valence-electron chi connectivity index (χ3n) is 3.09. The molecule has 0 heterocycles. The molecule has 0 bridgehead atoms. The number of alkyl halides is 1. The molecule has 0 aliphatic rings. The lowest BCUT2D eigenvalue weighted by molar-refractivity contribution is -0.115. The monoisotopic (exact) mass is 318 g/mol. The summed E-state index contributed by atoms with van der Waals surface area (Å²) >= 11 is 5.71. The van der Waals surface area contributed by atoms with E-state index in [1.54, 1.807) is 48.5 Å². The maximum atomic E-state index is 12.3. The highest BCUT2D eigenvalue weighted by atomic mass is 35.5. The second-order valence-electron chi connectivity index (χ2n) is 4.45. The fraction of sp³-hybridized carbons (Fsp3) is 0.125. The quantitative estimate of drug-likeness (QED) is 0.861. The molecular formula is C16H15ClN2O3. The molecule has 5 nitrogen and oxygen atoms in total. The molecule has 0 fully saturated rings. The number of benzene rings is 2. The van der Waals surface area contributed by atoms with Gasteiger partial charge in [-0.15, -0.1) is 11.6 Å². The van der Waals surface area contributed by atoms with E-state index in [9.17, 15) is 9.59 Å². The van der Waals surface area contributed by atoms with E-state index in [2.05, 4.69) is 0 Å². The number of ether oxygens (including phenoxy) is 1. The zero-order chi connectivity index (χ0) is 16.1. The van der Waals surface area contributed by atoms with Crippen LogP contribution in [0.15, 0.2) is 48.5 Å². The average Bonchev–Trinajstić information content (AvgIpc) is 2.55. The van der Waals surface area contributed by atoms with Gasteiger partial charge in [0.05, 0.1) is 24.0 Å². The Morgan fingerprint density at radius 3 is 2.55 bits per heavy atom. The van der Waals surface area contributed by atoms with Crippen LogP contribution in [0.5, 0.6) is 5.75 Å². The first-order valence-corrected chi connectivity index (χ1v) is 7.03. The molecule has 2 aromatic rings. The van der Waals surface area contributed by atoms with Crippen molar-refractivity contribution in [3.8, 4) is 5.75 Å². The van der Waals surface area contributed by atoms with E-state index in [0.29, 0.717) is 17.1 Å². The second kappa shape index (κ2) is 6.95. The minimum absolute atomic E-state index is 0.232. The van der Waals surface area contributed by atoms with Gasteiger partial charge in [-0.1, -0.05) is 18.2 Å². The Hall–Kier alpha value is -2.53. The van der Waals surface area contributed by atoms with Gasteiger partial charge in [-0.25, -0.2) is 0 Å². The minimum Gasteiger partial charge on any atom is -0.497 e. The molecule has 114 valence electrons. The highest BCUT2D eigenvalue weighted by Crippen LogP contribution is 2.31. The molecule has 2 amide bonds. The second-order valence-corrected chi connectivity index (χ2v) is 4.71. The summed E-state index contributed by atoms with van der Waals surface area (Å²) < 4.78 is 5.17. The number of methoxy groups -OCH3 is 1. The number of carbonyl (C=O) groups is 2. The van der Waals surface area contributed by atoms with Gasteiger partial charge < -0.3 is 10.5 Å². The van der Waals surface area contributed by atoms with Crippen LogP contribution in [-0.4, -0.2) is 24.8 Å². The van der Waals surface area contributed by atoms with E-state index in [1.165, 1.54) is 12.0 Å². The van der Waals surface area contributed by atoms with Crippen LogP contribution in [0.4, 0.5) is 11.4 Å². The fourth-order valence-electron chi connectivity index (χ4n) is 2.10. The summed E-state index contributed by atoms with van der Waals surface area (Å²) in [6, 6.07) is 13.5. The molecule has 0 aromatic heterocycles. The van der Waals surface area contributed by atoms with Crippen molar-refractivity contribution >= 4 is 34.8 Å². The Morgan fingerprint density at radius 1 is 1.18 bits per heavy atom. The Kier molecular flexibility index (Phi) is 5.01. The van der Waals surface area contributed by atoms with Gasteiger partial charge in [0.1, 0.15) is 11.6 Å². The van der Waals surface area contributed by atoms with Crippen molar-refractivity contribution in [1.29, 1.82) is 0 Å². The third-order valence-corrected chi connectivity index (χ3v) is 3.31. The molecule has 22 heavy (non-hydrogen) atoms. The fourth-order valence-corrected chi connectivity index (χ4v) is 2.22. The van der Waals surface area contributed by atoms with Crippen molar-refractivity contribution in [1.82, 2.24) is 0 Å². The maximum Gasteiger partial charge on any atom is 0.250 e. The van der Waals surface area contributed by atoms with Crippen LogP contribution in [0.25, 0.3) is 0 Å². The number of halogens is 1. The lowest BCUT2D eigenvalue weighted by atomic mass is 10.1.